The van der Waals surface area contributed by atoms with Gasteiger partial charge in [-0.2, -0.15) is 0 Å². The van der Waals surface area contributed by atoms with Gasteiger partial charge >= 0.3 is 0 Å². The molecule has 9 heteroatoms. The zero-order chi connectivity index (χ0) is 25.3. The molecule has 0 radical (unpaired) electrons. The van der Waals surface area contributed by atoms with Crippen LogP contribution in [0.25, 0.3) is 0 Å². The van der Waals surface area contributed by atoms with Crippen molar-refractivity contribution in [2.75, 3.05) is 6.61 Å². The summed E-state index contributed by atoms with van der Waals surface area (Å²) < 4.78 is 24.5. The summed E-state index contributed by atoms with van der Waals surface area (Å²) in [6, 6.07) is 5.91. The van der Waals surface area contributed by atoms with Crippen molar-refractivity contribution in [2.45, 2.75) is 88.1 Å². The van der Waals surface area contributed by atoms with Crippen LogP contribution < -0.4 is 15.4 Å². The second-order valence-electron chi connectivity index (χ2n) is 10.9. The molecule has 36 heavy (non-hydrogen) atoms. The van der Waals surface area contributed by atoms with Crippen molar-refractivity contribution in [1.82, 2.24) is 15.8 Å². The van der Waals surface area contributed by atoms with Crippen LogP contribution in [0.15, 0.2) is 28.8 Å². The molecular weight excluding hydrogens is 485 g/mol. The minimum Gasteiger partial charge on any atom is -0.484 e. The van der Waals surface area contributed by atoms with E-state index < -0.39 is 5.82 Å². The first-order chi connectivity index (χ1) is 17.3. The lowest BCUT2D eigenvalue weighted by Gasteiger charge is -2.57. The molecule has 4 aliphatic rings. The summed E-state index contributed by atoms with van der Waals surface area (Å²) in [5.41, 5.74) is 0.250. The maximum Gasteiger partial charge on any atom is 0.290 e. The molecular formula is C27H33ClFN3O4. The second-order valence-corrected chi connectivity index (χ2v) is 11.3. The normalized spacial score (nSPS) is 28.0. The van der Waals surface area contributed by atoms with Gasteiger partial charge in [0, 0.05) is 29.1 Å². The summed E-state index contributed by atoms with van der Waals surface area (Å²) in [6.45, 7) is 1.91. The summed E-state index contributed by atoms with van der Waals surface area (Å²) in [6.07, 6.45) is 9.71. The molecule has 1 aromatic heterocycles. The quantitative estimate of drug-likeness (QED) is 0.503. The topological polar surface area (TPSA) is 93.5 Å². The van der Waals surface area contributed by atoms with Crippen molar-refractivity contribution in [2.24, 2.45) is 5.92 Å². The average molecular weight is 518 g/mol. The highest BCUT2D eigenvalue weighted by molar-refractivity contribution is 6.30. The molecule has 2 N–H and O–H groups in total. The molecule has 1 atom stereocenters. The maximum absolute atomic E-state index is 13.6. The Morgan fingerprint density at radius 3 is 2.58 bits per heavy atom. The van der Waals surface area contributed by atoms with Gasteiger partial charge < -0.3 is 19.9 Å². The Kier molecular flexibility index (Phi) is 6.99. The third kappa shape index (κ3) is 5.10. The van der Waals surface area contributed by atoms with Gasteiger partial charge in [-0.25, -0.2) is 4.39 Å². The highest BCUT2D eigenvalue weighted by Gasteiger charge is 2.54. The number of halogens is 2. The van der Waals surface area contributed by atoms with Gasteiger partial charge in [0.05, 0.1) is 10.7 Å². The van der Waals surface area contributed by atoms with Gasteiger partial charge in [0.15, 0.2) is 6.61 Å². The molecule has 2 bridgehead atoms. The molecule has 1 aromatic carbocycles. The highest BCUT2D eigenvalue weighted by atomic mass is 35.5. The number of fused-ring (bicyclic) bond motifs is 3. The monoisotopic (exact) mass is 517 g/mol. The fourth-order valence-electron chi connectivity index (χ4n) is 6.40. The van der Waals surface area contributed by atoms with Crippen molar-refractivity contribution < 1.29 is 23.2 Å². The Hall–Kier alpha value is -2.61. The third-order valence-electron chi connectivity index (χ3n) is 8.54. The molecule has 6 rings (SSSR count). The van der Waals surface area contributed by atoms with Gasteiger partial charge in [-0.1, -0.05) is 42.9 Å². The molecule has 4 saturated carbocycles. The second kappa shape index (κ2) is 10.0. The lowest BCUT2D eigenvalue weighted by molar-refractivity contribution is -0.128. The number of carbonyl (C=O) groups is 2. The number of carbonyl (C=O) groups excluding carboxylic acids is 2. The van der Waals surface area contributed by atoms with Crippen molar-refractivity contribution in [3.63, 3.8) is 0 Å². The number of hydrogen-bond acceptors (Lipinski definition) is 5. The number of amides is 2. The van der Waals surface area contributed by atoms with Crippen LogP contribution in [-0.2, 0) is 4.79 Å². The summed E-state index contributed by atoms with van der Waals surface area (Å²) in [5, 5.41) is 10.6. The van der Waals surface area contributed by atoms with Crippen molar-refractivity contribution >= 4 is 23.4 Å². The first kappa shape index (κ1) is 25.1. The predicted molar refractivity (Wildman–Crippen MR) is 133 cm³/mol. The van der Waals surface area contributed by atoms with Crippen LogP contribution in [0.5, 0.6) is 5.75 Å². The van der Waals surface area contributed by atoms with Gasteiger partial charge in [-0.3, -0.25) is 9.59 Å². The largest absolute Gasteiger partial charge is 0.484 e. The lowest BCUT2D eigenvalue weighted by atomic mass is 9.56. The first-order valence-corrected chi connectivity index (χ1v) is 13.3. The molecule has 1 unspecified atom stereocenters. The molecule has 0 spiro atoms. The van der Waals surface area contributed by atoms with E-state index in [1.807, 2.05) is 6.07 Å². The van der Waals surface area contributed by atoms with Crippen LogP contribution >= 0.6 is 11.6 Å². The Labute approximate surface area is 215 Å². The molecule has 2 amide bonds. The smallest absolute Gasteiger partial charge is 0.290 e. The summed E-state index contributed by atoms with van der Waals surface area (Å²) in [7, 11) is 0. The number of nitrogens with one attached hydrogen (secondary N) is 2. The zero-order valence-electron chi connectivity index (χ0n) is 20.6. The van der Waals surface area contributed by atoms with Crippen molar-refractivity contribution in [1.29, 1.82) is 0 Å². The van der Waals surface area contributed by atoms with E-state index in [9.17, 15) is 14.0 Å². The van der Waals surface area contributed by atoms with Gasteiger partial charge in [-0.05, 0) is 63.0 Å². The highest BCUT2D eigenvalue weighted by Crippen LogP contribution is 2.50. The lowest BCUT2D eigenvalue weighted by Crippen LogP contribution is -2.67. The van der Waals surface area contributed by atoms with Gasteiger partial charge in [0.25, 0.3) is 11.8 Å². The number of nitrogens with zero attached hydrogens (tertiary/aromatic N) is 1. The number of ether oxygens (including phenoxy) is 1. The number of hydrogen-bond donors (Lipinski definition) is 2. The van der Waals surface area contributed by atoms with E-state index in [4.69, 9.17) is 20.9 Å². The van der Waals surface area contributed by atoms with E-state index in [2.05, 4.69) is 22.7 Å². The SMILES string of the molecule is CC1CC2(NC(=O)c3cc(C4CCCCC4)no3)CCC1(NC(=O)COc1ccc(Cl)c(F)c1)CC2. The number of aromatic nitrogens is 1. The molecule has 7 nitrogen and oxygen atoms in total. The van der Waals surface area contributed by atoms with Gasteiger partial charge in [-0.15, -0.1) is 0 Å². The fourth-order valence-corrected chi connectivity index (χ4v) is 6.51. The first-order valence-electron chi connectivity index (χ1n) is 13.0. The Bertz CT molecular complexity index is 1120. The predicted octanol–water partition coefficient (Wildman–Crippen LogP) is 5.53. The van der Waals surface area contributed by atoms with Crippen LogP contribution in [0, 0.1) is 11.7 Å². The molecule has 1 heterocycles. The van der Waals surface area contributed by atoms with Crippen LogP contribution in [0.4, 0.5) is 4.39 Å². The summed E-state index contributed by atoms with van der Waals surface area (Å²) in [5.74, 6) is 0.0552. The molecule has 2 aromatic rings. The van der Waals surface area contributed by atoms with E-state index >= 15 is 0 Å². The minimum absolute atomic E-state index is 0.00692. The van der Waals surface area contributed by atoms with E-state index in [-0.39, 0.29) is 51.9 Å². The van der Waals surface area contributed by atoms with E-state index in [0.29, 0.717) is 5.92 Å². The molecule has 0 saturated heterocycles. The minimum atomic E-state index is -0.588. The number of benzene rings is 1. The van der Waals surface area contributed by atoms with E-state index in [1.54, 1.807) is 0 Å². The van der Waals surface area contributed by atoms with Gasteiger partial charge in [0.2, 0.25) is 5.76 Å². The molecule has 0 aliphatic heterocycles. The molecule has 4 fully saturated rings. The van der Waals surface area contributed by atoms with Crippen LogP contribution in [0.1, 0.15) is 93.3 Å². The average Bonchev–Trinajstić information content (AvgIpc) is 3.37. The van der Waals surface area contributed by atoms with Crippen LogP contribution in [-0.4, -0.2) is 34.7 Å². The number of rotatable bonds is 7. The van der Waals surface area contributed by atoms with Crippen LogP contribution in [0.3, 0.4) is 0 Å². The Balaban J connectivity index is 1.16. The van der Waals surface area contributed by atoms with Crippen LogP contribution in [0.2, 0.25) is 5.02 Å². The molecule has 4 aliphatic carbocycles. The molecule has 194 valence electrons. The van der Waals surface area contributed by atoms with E-state index in [1.165, 1.54) is 37.5 Å². The van der Waals surface area contributed by atoms with E-state index in [0.717, 1.165) is 50.6 Å². The summed E-state index contributed by atoms with van der Waals surface area (Å²) >= 11 is 5.70. The Morgan fingerprint density at radius 2 is 1.89 bits per heavy atom. The third-order valence-corrected chi connectivity index (χ3v) is 8.85. The maximum atomic E-state index is 13.6. The van der Waals surface area contributed by atoms with Gasteiger partial charge in [0.1, 0.15) is 11.6 Å². The van der Waals surface area contributed by atoms with Crippen molar-refractivity contribution in [3.05, 3.63) is 46.6 Å². The summed E-state index contributed by atoms with van der Waals surface area (Å²) in [4.78, 5) is 25.7. The Morgan fingerprint density at radius 1 is 1.14 bits per heavy atom. The fraction of sp³-hybridized carbons (Fsp3) is 0.593. The standard InChI is InChI=1S/C27H33ClFN3O4/c1-17-15-26(31-25(34)23-14-22(32-36-23)18-5-3-2-4-6-18)9-11-27(17,12-10-26)30-24(33)16-35-19-7-8-20(28)21(29)13-19/h7-8,13-14,17-18H,2-6,9-12,15-16H2,1H3,(H,30,33)(H,31,34). The zero-order valence-corrected chi connectivity index (χ0v) is 21.3. The van der Waals surface area contributed by atoms with Crippen molar-refractivity contribution in [3.8, 4) is 5.75 Å².